The van der Waals surface area contributed by atoms with Crippen LogP contribution in [0.25, 0.3) is 0 Å². The first-order valence-electron chi connectivity index (χ1n) is 5.22. The molecule has 6 nitrogen and oxygen atoms in total. The van der Waals surface area contributed by atoms with Crippen LogP contribution in [0.3, 0.4) is 0 Å². The molecule has 1 aromatic carbocycles. The van der Waals surface area contributed by atoms with Crippen molar-refractivity contribution in [3.05, 3.63) is 24.0 Å². The molecule has 1 saturated heterocycles. The Morgan fingerprint density at radius 3 is 2.72 bits per heavy atom. The minimum absolute atomic E-state index is 0.0837. The smallest absolute Gasteiger partial charge is 0.242 e. The van der Waals surface area contributed by atoms with Gasteiger partial charge in [-0.3, -0.25) is 4.79 Å². The first-order chi connectivity index (χ1) is 8.38. The highest BCUT2D eigenvalue weighted by molar-refractivity contribution is 7.89. The van der Waals surface area contributed by atoms with Gasteiger partial charge in [-0.1, -0.05) is 0 Å². The molecule has 1 atom stereocenters. The molecule has 0 saturated carbocycles. The molecular weight excluding hydrogens is 261 g/mol. The number of hydrogen-bond donors (Lipinski definition) is 3. The van der Waals surface area contributed by atoms with Crippen molar-refractivity contribution in [1.82, 2.24) is 10.0 Å². The van der Waals surface area contributed by atoms with Gasteiger partial charge in [-0.2, -0.15) is 0 Å². The molecule has 18 heavy (non-hydrogen) atoms. The summed E-state index contributed by atoms with van der Waals surface area (Å²) in [7, 11) is -3.85. The van der Waals surface area contributed by atoms with Gasteiger partial charge in [0, 0.05) is 19.0 Å². The van der Waals surface area contributed by atoms with E-state index in [1.807, 2.05) is 0 Å². The molecule has 1 aliphatic heterocycles. The Labute approximate surface area is 103 Å². The second kappa shape index (κ2) is 4.54. The molecule has 2 rings (SSSR count). The number of benzene rings is 1. The van der Waals surface area contributed by atoms with Gasteiger partial charge < -0.3 is 11.1 Å². The van der Waals surface area contributed by atoms with Crippen molar-refractivity contribution >= 4 is 21.6 Å². The second-order valence-electron chi connectivity index (χ2n) is 4.01. The number of nitrogens with one attached hydrogen (secondary N) is 2. The zero-order chi connectivity index (χ0) is 13.3. The molecule has 1 fully saturated rings. The largest absolute Gasteiger partial charge is 0.398 e. The maximum absolute atomic E-state index is 12.8. The second-order valence-corrected chi connectivity index (χ2v) is 5.69. The van der Waals surface area contributed by atoms with Crippen molar-refractivity contribution in [3.63, 3.8) is 0 Å². The minimum atomic E-state index is -3.85. The Morgan fingerprint density at radius 2 is 2.17 bits per heavy atom. The molecule has 4 N–H and O–H groups in total. The van der Waals surface area contributed by atoms with Crippen LogP contribution >= 0.6 is 0 Å². The fourth-order valence-electron chi connectivity index (χ4n) is 1.74. The van der Waals surface area contributed by atoms with E-state index in [2.05, 4.69) is 10.0 Å². The van der Waals surface area contributed by atoms with Crippen molar-refractivity contribution in [2.45, 2.75) is 17.4 Å². The standard InChI is InChI=1S/C10H12FN3O3S/c11-6-1-2-9(8(12)3-6)18(16,17)14-7-4-10(15)13-5-7/h1-3,7,14H,4-5,12H2,(H,13,15). The van der Waals surface area contributed by atoms with Crippen LogP contribution in [0.5, 0.6) is 0 Å². The van der Waals surface area contributed by atoms with Gasteiger partial charge in [-0.15, -0.1) is 0 Å². The Bertz CT molecular complexity index is 588. The topological polar surface area (TPSA) is 101 Å². The zero-order valence-electron chi connectivity index (χ0n) is 9.31. The number of sulfonamides is 1. The number of hydrogen-bond acceptors (Lipinski definition) is 4. The lowest BCUT2D eigenvalue weighted by Gasteiger charge is -2.12. The highest BCUT2D eigenvalue weighted by atomic mass is 32.2. The van der Waals surface area contributed by atoms with Gasteiger partial charge in [0.1, 0.15) is 10.7 Å². The quantitative estimate of drug-likeness (QED) is 0.651. The van der Waals surface area contributed by atoms with Crippen LogP contribution in [0.4, 0.5) is 10.1 Å². The third-order valence-corrected chi connectivity index (χ3v) is 4.16. The molecular formula is C10H12FN3O3S. The van der Waals surface area contributed by atoms with Crippen molar-refractivity contribution in [1.29, 1.82) is 0 Å². The van der Waals surface area contributed by atoms with Gasteiger partial charge in [0.2, 0.25) is 15.9 Å². The summed E-state index contributed by atoms with van der Waals surface area (Å²) >= 11 is 0. The maximum atomic E-state index is 12.8. The molecule has 0 radical (unpaired) electrons. The predicted molar refractivity (Wildman–Crippen MR) is 62.5 cm³/mol. The lowest BCUT2D eigenvalue weighted by molar-refractivity contribution is -0.119. The van der Waals surface area contributed by atoms with Crippen molar-refractivity contribution in [2.24, 2.45) is 0 Å². The Kier molecular flexibility index (Phi) is 3.22. The maximum Gasteiger partial charge on any atom is 0.242 e. The minimum Gasteiger partial charge on any atom is -0.398 e. The Morgan fingerprint density at radius 1 is 1.44 bits per heavy atom. The molecule has 1 aromatic rings. The van der Waals surface area contributed by atoms with E-state index in [0.717, 1.165) is 18.2 Å². The average molecular weight is 273 g/mol. The van der Waals surface area contributed by atoms with Gasteiger partial charge in [0.15, 0.2) is 0 Å². The number of amides is 1. The van der Waals surface area contributed by atoms with E-state index in [-0.39, 0.29) is 29.5 Å². The van der Waals surface area contributed by atoms with Gasteiger partial charge in [-0.05, 0) is 18.2 Å². The van der Waals surface area contributed by atoms with Crippen molar-refractivity contribution in [3.8, 4) is 0 Å². The summed E-state index contributed by atoms with van der Waals surface area (Å²) in [5.74, 6) is -0.820. The number of nitrogens with two attached hydrogens (primary N) is 1. The van der Waals surface area contributed by atoms with E-state index in [4.69, 9.17) is 5.73 Å². The van der Waals surface area contributed by atoms with Crippen LogP contribution in [-0.2, 0) is 14.8 Å². The first-order valence-corrected chi connectivity index (χ1v) is 6.71. The third-order valence-electron chi connectivity index (χ3n) is 2.56. The number of carbonyl (C=O) groups is 1. The van der Waals surface area contributed by atoms with Crippen molar-refractivity contribution in [2.75, 3.05) is 12.3 Å². The zero-order valence-corrected chi connectivity index (χ0v) is 10.1. The number of anilines is 1. The van der Waals surface area contributed by atoms with Gasteiger partial charge in [0.05, 0.1) is 5.69 Å². The van der Waals surface area contributed by atoms with E-state index >= 15 is 0 Å². The number of rotatable bonds is 3. The molecule has 1 amide bonds. The summed E-state index contributed by atoms with van der Waals surface area (Å²) in [6.45, 7) is 0.235. The van der Waals surface area contributed by atoms with Gasteiger partial charge in [-0.25, -0.2) is 17.5 Å². The fraction of sp³-hybridized carbons (Fsp3) is 0.300. The van der Waals surface area contributed by atoms with Crippen LogP contribution in [0.1, 0.15) is 6.42 Å². The van der Waals surface area contributed by atoms with E-state index in [1.54, 1.807) is 0 Å². The van der Waals surface area contributed by atoms with Gasteiger partial charge in [0.25, 0.3) is 0 Å². The number of nitrogen functional groups attached to an aromatic ring is 1. The molecule has 1 unspecified atom stereocenters. The molecule has 0 aliphatic carbocycles. The summed E-state index contributed by atoms with van der Waals surface area (Å²) in [6.07, 6.45) is 0.0837. The lowest BCUT2D eigenvalue weighted by Crippen LogP contribution is -2.36. The summed E-state index contributed by atoms with van der Waals surface area (Å²) in [6, 6.07) is 2.54. The van der Waals surface area contributed by atoms with Crippen LogP contribution in [-0.4, -0.2) is 26.9 Å². The fourth-order valence-corrected chi connectivity index (χ4v) is 3.08. The molecule has 0 aromatic heterocycles. The Hall–Kier alpha value is -1.67. The normalized spacial score (nSPS) is 19.8. The average Bonchev–Trinajstić information content (AvgIpc) is 2.62. The summed E-state index contributed by atoms with van der Waals surface area (Å²) in [5, 5.41) is 2.51. The van der Waals surface area contributed by atoms with Crippen LogP contribution in [0, 0.1) is 5.82 Å². The predicted octanol–water partition coefficient (Wildman–Crippen LogP) is -0.425. The third kappa shape index (κ3) is 2.59. The monoisotopic (exact) mass is 273 g/mol. The van der Waals surface area contributed by atoms with Crippen molar-refractivity contribution < 1.29 is 17.6 Å². The summed E-state index contributed by atoms with van der Waals surface area (Å²) in [5.41, 5.74) is 5.30. The molecule has 8 heteroatoms. The first kappa shape index (κ1) is 12.8. The van der Waals surface area contributed by atoms with Crippen LogP contribution < -0.4 is 15.8 Å². The van der Waals surface area contributed by atoms with Crippen LogP contribution in [0.2, 0.25) is 0 Å². The summed E-state index contributed by atoms with van der Waals surface area (Å²) < 4.78 is 39.1. The SMILES string of the molecule is Nc1cc(F)ccc1S(=O)(=O)NC1CNC(=O)C1. The highest BCUT2D eigenvalue weighted by Crippen LogP contribution is 2.19. The van der Waals surface area contributed by atoms with Gasteiger partial charge >= 0.3 is 0 Å². The van der Waals surface area contributed by atoms with E-state index < -0.39 is 21.9 Å². The summed E-state index contributed by atoms with van der Waals surface area (Å²) in [4.78, 5) is 10.8. The highest BCUT2D eigenvalue weighted by Gasteiger charge is 2.27. The molecule has 98 valence electrons. The molecule has 1 heterocycles. The number of carbonyl (C=O) groups excluding carboxylic acids is 1. The van der Waals surface area contributed by atoms with E-state index in [0.29, 0.717) is 0 Å². The Balaban J connectivity index is 2.23. The lowest BCUT2D eigenvalue weighted by atomic mass is 10.3. The number of halogens is 1. The molecule has 1 aliphatic rings. The van der Waals surface area contributed by atoms with E-state index in [1.165, 1.54) is 0 Å². The molecule has 0 spiro atoms. The van der Waals surface area contributed by atoms with Crippen LogP contribution in [0.15, 0.2) is 23.1 Å². The van der Waals surface area contributed by atoms with E-state index in [9.17, 15) is 17.6 Å². The molecule has 0 bridgehead atoms.